The Labute approximate surface area is 164 Å². The summed E-state index contributed by atoms with van der Waals surface area (Å²) in [7, 11) is 0. The molecule has 0 aliphatic heterocycles. The van der Waals surface area contributed by atoms with E-state index in [9.17, 15) is 8.78 Å². The molecule has 0 N–H and O–H groups in total. The molecule has 3 rings (SSSR count). The standard InChI is InChI=1S/C24H22F2N2/c1-18(25)7-8-19-9-13-22(14-10-19)24(21-5-3-2-4-6-21)28-27-17-20-11-15-23(26)16-12-20/h2-6,9-18H,7-8H2,1H3. The van der Waals surface area contributed by atoms with Gasteiger partial charge in [0.25, 0.3) is 0 Å². The average Bonchev–Trinajstić information content (AvgIpc) is 2.72. The molecule has 0 spiro atoms. The second kappa shape index (κ2) is 9.70. The Morgan fingerprint density at radius 3 is 2.18 bits per heavy atom. The molecule has 0 aliphatic rings. The van der Waals surface area contributed by atoms with Crippen LogP contribution < -0.4 is 0 Å². The molecular weight excluding hydrogens is 354 g/mol. The number of halogens is 2. The molecule has 28 heavy (non-hydrogen) atoms. The second-order valence-corrected chi connectivity index (χ2v) is 6.63. The number of aryl methyl sites for hydroxylation is 1. The topological polar surface area (TPSA) is 24.7 Å². The van der Waals surface area contributed by atoms with E-state index in [0.29, 0.717) is 12.8 Å². The molecule has 0 amide bonds. The van der Waals surface area contributed by atoms with Crippen LogP contribution >= 0.6 is 0 Å². The van der Waals surface area contributed by atoms with Gasteiger partial charge in [0.05, 0.1) is 12.4 Å². The molecule has 2 nitrogen and oxygen atoms in total. The van der Waals surface area contributed by atoms with Crippen LogP contribution in [0.5, 0.6) is 0 Å². The summed E-state index contributed by atoms with van der Waals surface area (Å²) in [4.78, 5) is 0. The first-order chi connectivity index (χ1) is 13.6. The average molecular weight is 376 g/mol. The van der Waals surface area contributed by atoms with Crippen molar-refractivity contribution in [2.24, 2.45) is 10.2 Å². The van der Waals surface area contributed by atoms with Crippen LogP contribution in [0.4, 0.5) is 8.78 Å². The Balaban J connectivity index is 1.86. The zero-order valence-corrected chi connectivity index (χ0v) is 15.7. The van der Waals surface area contributed by atoms with E-state index in [2.05, 4.69) is 10.2 Å². The van der Waals surface area contributed by atoms with E-state index in [-0.39, 0.29) is 5.82 Å². The van der Waals surface area contributed by atoms with Crippen molar-refractivity contribution >= 4 is 11.9 Å². The van der Waals surface area contributed by atoms with E-state index in [0.717, 1.165) is 28.0 Å². The SMILES string of the molecule is CC(F)CCc1ccc(C(=NN=Cc2ccc(F)cc2)c2ccccc2)cc1. The zero-order chi connectivity index (χ0) is 19.8. The summed E-state index contributed by atoms with van der Waals surface area (Å²) in [6.07, 6.45) is 2.01. The van der Waals surface area contributed by atoms with E-state index < -0.39 is 6.17 Å². The maximum absolute atomic E-state index is 13.1. The van der Waals surface area contributed by atoms with Crippen molar-refractivity contribution in [3.8, 4) is 0 Å². The van der Waals surface area contributed by atoms with Gasteiger partial charge in [0.15, 0.2) is 0 Å². The van der Waals surface area contributed by atoms with Crippen molar-refractivity contribution in [1.82, 2.24) is 0 Å². The Hall–Kier alpha value is -3.14. The van der Waals surface area contributed by atoms with Crippen molar-refractivity contribution < 1.29 is 8.78 Å². The van der Waals surface area contributed by atoms with Crippen molar-refractivity contribution in [3.05, 3.63) is 107 Å². The van der Waals surface area contributed by atoms with Gasteiger partial charge in [0.1, 0.15) is 11.5 Å². The quantitative estimate of drug-likeness (QED) is 0.357. The summed E-state index contributed by atoms with van der Waals surface area (Å²) in [5.74, 6) is -0.284. The van der Waals surface area contributed by atoms with Gasteiger partial charge in [0, 0.05) is 11.1 Å². The molecule has 0 saturated carbocycles. The third-order valence-corrected chi connectivity index (χ3v) is 4.34. The van der Waals surface area contributed by atoms with Crippen LogP contribution in [0.15, 0.2) is 89.1 Å². The normalized spacial score (nSPS) is 13.0. The van der Waals surface area contributed by atoms with Gasteiger partial charge in [-0.25, -0.2) is 8.78 Å². The van der Waals surface area contributed by atoms with E-state index in [1.165, 1.54) is 12.1 Å². The predicted octanol–water partition coefficient (Wildman–Crippen LogP) is 5.99. The molecule has 0 aromatic heterocycles. The highest BCUT2D eigenvalue weighted by molar-refractivity contribution is 6.13. The van der Waals surface area contributed by atoms with Gasteiger partial charge in [-0.1, -0.05) is 66.7 Å². The van der Waals surface area contributed by atoms with Crippen LogP contribution in [0, 0.1) is 5.82 Å². The molecule has 0 fully saturated rings. The van der Waals surface area contributed by atoms with Gasteiger partial charge in [-0.15, -0.1) is 5.10 Å². The fraction of sp³-hybridized carbons (Fsp3) is 0.167. The van der Waals surface area contributed by atoms with E-state index in [1.54, 1.807) is 25.3 Å². The van der Waals surface area contributed by atoms with Crippen molar-refractivity contribution in [2.75, 3.05) is 0 Å². The maximum atomic E-state index is 13.1. The smallest absolute Gasteiger partial charge is 0.123 e. The first kappa shape index (κ1) is 19.6. The van der Waals surface area contributed by atoms with Gasteiger partial charge >= 0.3 is 0 Å². The second-order valence-electron chi connectivity index (χ2n) is 6.63. The van der Waals surface area contributed by atoms with E-state index in [4.69, 9.17) is 0 Å². The largest absolute Gasteiger partial charge is 0.248 e. The molecule has 0 saturated heterocycles. The number of hydrogen-bond acceptors (Lipinski definition) is 2. The lowest BCUT2D eigenvalue weighted by atomic mass is 9.99. The molecular formula is C24H22F2N2. The lowest BCUT2D eigenvalue weighted by Crippen LogP contribution is -2.03. The Kier molecular flexibility index (Phi) is 6.79. The summed E-state index contributed by atoms with van der Waals surface area (Å²) in [6.45, 7) is 1.58. The Bertz CT molecular complexity index is 929. The molecule has 142 valence electrons. The first-order valence-corrected chi connectivity index (χ1v) is 9.27. The Morgan fingerprint density at radius 1 is 0.893 bits per heavy atom. The molecule has 0 heterocycles. The van der Waals surface area contributed by atoms with Gasteiger partial charge in [-0.05, 0) is 43.0 Å². The number of benzene rings is 3. The summed E-state index contributed by atoms with van der Waals surface area (Å²) in [5.41, 5.74) is 4.48. The zero-order valence-electron chi connectivity index (χ0n) is 15.7. The minimum absolute atomic E-state index is 0.284. The highest BCUT2D eigenvalue weighted by Gasteiger charge is 2.07. The van der Waals surface area contributed by atoms with Crippen LogP contribution in [0.25, 0.3) is 0 Å². The predicted molar refractivity (Wildman–Crippen MR) is 111 cm³/mol. The van der Waals surface area contributed by atoms with Crippen LogP contribution in [-0.4, -0.2) is 18.1 Å². The summed E-state index contributed by atoms with van der Waals surface area (Å²) >= 11 is 0. The van der Waals surface area contributed by atoms with Gasteiger partial charge in [-0.3, -0.25) is 0 Å². The van der Waals surface area contributed by atoms with Crippen molar-refractivity contribution in [2.45, 2.75) is 25.9 Å². The van der Waals surface area contributed by atoms with E-state index >= 15 is 0 Å². The van der Waals surface area contributed by atoms with Crippen molar-refractivity contribution in [3.63, 3.8) is 0 Å². The first-order valence-electron chi connectivity index (χ1n) is 9.27. The summed E-state index contributed by atoms with van der Waals surface area (Å²) in [5, 5.41) is 8.62. The molecule has 1 unspecified atom stereocenters. The molecule has 0 bridgehead atoms. The molecule has 0 radical (unpaired) electrons. The van der Waals surface area contributed by atoms with Crippen LogP contribution in [0.1, 0.15) is 35.6 Å². The molecule has 3 aromatic rings. The Morgan fingerprint density at radius 2 is 1.54 bits per heavy atom. The molecule has 0 aliphatic carbocycles. The van der Waals surface area contributed by atoms with E-state index in [1.807, 2.05) is 54.6 Å². The molecule has 3 aromatic carbocycles. The van der Waals surface area contributed by atoms with Crippen LogP contribution in [0.3, 0.4) is 0 Å². The third kappa shape index (κ3) is 5.68. The minimum Gasteiger partial charge on any atom is -0.248 e. The lowest BCUT2D eigenvalue weighted by molar-refractivity contribution is 0.341. The maximum Gasteiger partial charge on any atom is 0.123 e. The van der Waals surface area contributed by atoms with Gasteiger partial charge < -0.3 is 0 Å². The van der Waals surface area contributed by atoms with Gasteiger partial charge in [0.2, 0.25) is 0 Å². The highest BCUT2D eigenvalue weighted by Crippen LogP contribution is 2.15. The summed E-state index contributed by atoms with van der Waals surface area (Å²) < 4.78 is 26.1. The van der Waals surface area contributed by atoms with Crippen LogP contribution in [0.2, 0.25) is 0 Å². The third-order valence-electron chi connectivity index (χ3n) is 4.34. The fourth-order valence-corrected chi connectivity index (χ4v) is 2.78. The lowest BCUT2D eigenvalue weighted by Gasteiger charge is -2.08. The number of nitrogens with zero attached hydrogens (tertiary/aromatic N) is 2. The molecule has 4 heteroatoms. The highest BCUT2D eigenvalue weighted by atomic mass is 19.1. The number of alkyl halides is 1. The summed E-state index contributed by atoms with van der Waals surface area (Å²) in [6, 6.07) is 23.8. The fourth-order valence-electron chi connectivity index (χ4n) is 2.78. The monoisotopic (exact) mass is 376 g/mol. The van der Waals surface area contributed by atoms with Crippen molar-refractivity contribution in [1.29, 1.82) is 0 Å². The number of rotatable bonds is 7. The van der Waals surface area contributed by atoms with Gasteiger partial charge in [-0.2, -0.15) is 5.10 Å². The minimum atomic E-state index is -0.804. The van der Waals surface area contributed by atoms with Crippen LogP contribution in [-0.2, 0) is 6.42 Å². The number of hydrogen-bond donors (Lipinski definition) is 0. The molecule has 1 atom stereocenters.